The third-order valence-electron chi connectivity index (χ3n) is 2.89. The van der Waals surface area contributed by atoms with E-state index in [0.717, 1.165) is 25.7 Å². The highest BCUT2D eigenvalue weighted by Crippen LogP contribution is 2.08. The third-order valence-corrected chi connectivity index (χ3v) is 2.89. The average Bonchev–Trinajstić information content (AvgIpc) is 2.35. The molecule has 0 spiro atoms. The van der Waals surface area contributed by atoms with Crippen LogP contribution in [0, 0.1) is 0 Å². The van der Waals surface area contributed by atoms with Crippen LogP contribution >= 0.6 is 0 Å². The third kappa shape index (κ3) is 8.59. The topological polar surface area (TPSA) is 72.6 Å². The van der Waals surface area contributed by atoms with Crippen molar-refractivity contribution in [1.29, 1.82) is 0 Å². The predicted octanol–water partition coefficient (Wildman–Crippen LogP) is 1.70. The van der Waals surface area contributed by atoms with Crippen LogP contribution < -0.4 is 5.73 Å². The second-order valence-corrected chi connectivity index (χ2v) is 4.87. The van der Waals surface area contributed by atoms with Crippen LogP contribution in [-0.4, -0.2) is 42.5 Å². The van der Waals surface area contributed by atoms with Gasteiger partial charge in [0.15, 0.2) is 0 Å². The molecule has 5 heteroatoms. The summed E-state index contributed by atoms with van der Waals surface area (Å²) in [7, 11) is 0. The fraction of sp³-hybridized carbons (Fsp3) is 0.857. The van der Waals surface area contributed by atoms with Gasteiger partial charge in [0.1, 0.15) is 6.54 Å². The van der Waals surface area contributed by atoms with Gasteiger partial charge in [0, 0.05) is 12.5 Å². The minimum Gasteiger partial charge on any atom is -0.465 e. The van der Waals surface area contributed by atoms with Crippen molar-refractivity contribution >= 4 is 11.9 Å². The zero-order chi connectivity index (χ0) is 14.7. The molecule has 1 amide bonds. The van der Waals surface area contributed by atoms with Gasteiger partial charge in [-0.2, -0.15) is 0 Å². The molecule has 0 saturated carbocycles. The van der Waals surface area contributed by atoms with Crippen LogP contribution in [0.4, 0.5) is 0 Å². The van der Waals surface area contributed by atoms with E-state index < -0.39 is 0 Å². The molecular weight excluding hydrogens is 244 g/mol. The largest absolute Gasteiger partial charge is 0.465 e. The number of unbranched alkanes of at least 4 members (excludes halogenated alkanes) is 3. The van der Waals surface area contributed by atoms with E-state index in [4.69, 9.17) is 10.5 Å². The molecule has 0 aliphatic heterocycles. The molecule has 0 aliphatic carbocycles. The zero-order valence-corrected chi connectivity index (χ0v) is 12.5. The molecule has 0 aromatic heterocycles. The van der Waals surface area contributed by atoms with Crippen molar-refractivity contribution in [2.45, 2.75) is 58.9 Å². The summed E-state index contributed by atoms with van der Waals surface area (Å²) in [6.45, 7) is 6.67. The van der Waals surface area contributed by atoms with Crippen molar-refractivity contribution in [1.82, 2.24) is 4.90 Å². The van der Waals surface area contributed by atoms with Crippen LogP contribution in [0.3, 0.4) is 0 Å². The van der Waals surface area contributed by atoms with Gasteiger partial charge in [-0.1, -0.05) is 12.8 Å². The summed E-state index contributed by atoms with van der Waals surface area (Å²) in [5, 5.41) is 0. The Bertz CT molecular complexity index is 267. The van der Waals surface area contributed by atoms with E-state index in [0.29, 0.717) is 19.6 Å². The lowest BCUT2D eigenvalue weighted by molar-refractivity contribution is -0.150. The van der Waals surface area contributed by atoms with Crippen LogP contribution in [0.2, 0.25) is 0 Å². The number of carbonyl (C=O) groups excluding carboxylic acids is 2. The maximum absolute atomic E-state index is 12.1. The van der Waals surface area contributed by atoms with Crippen molar-refractivity contribution in [3.8, 4) is 0 Å². The summed E-state index contributed by atoms with van der Waals surface area (Å²) in [4.78, 5) is 25.1. The summed E-state index contributed by atoms with van der Waals surface area (Å²) < 4.78 is 4.88. The molecule has 0 heterocycles. The Morgan fingerprint density at radius 1 is 1.16 bits per heavy atom. The molecular formula is C14H28N2O3. The van der Waals surface area contributed by atoms with Crippen LogP contribution in [-0.2, 0) is 14.3 Å². The van der Waals surface area contributed by atoms with Gasteiger partial charge in [-0.05, 0) is 40.2 Å². The first kappa shape index (κ1) is 17.9. The molecule has 0 aliphatic rings. The van der Waals surface area contributed by atoms with Crippen LogP contribution in [0.1, 0.15) is 52.9 Å². The first-order valence-corrected chi connectivity index (χ1v) is 7.18. The van der Waals surface area contributed by atoms with E-state index in [1.54, 1.807) is 11.8 Å². The number of hydrogen-bond acceptors (Lipinski definition) is 4. The summed E-state index contributed by atoms with van der Waals surface area (Å²) in [6, 6.07) is 0.0148. The van der Waals surface area contributed by atoms with Gasteiger partial charge in [0.25, 0.3) is 0 Å². The summed E-state index contributed by atoms with van der Waals surface area (Å²) in [5.41, 5.74) is 5.42. The second kappa shape index (κ2) is 10.8. The first-order chi connectivity index (χ1) is 9.02. The zero-order valence-electron chi connectivity index (χ0n) is 12.5. The highest BCUT2D eigenvalue weighted by molar-refractivity contribution is 5.82. The van der Waals surface area contributed by atoms with E-state index in [-0.39, 0.29) is 24.5 Å². The Morgan fingerprint density at radius 2 is 1.79 bits per heavy atom. The van der Waals surface area contributed by atoms with E-state index in [1.807, 2.05) is 13.8 Å². The van der Waals surface area contributed by atoms with Crippen molar-refractivity contribution < 1.29 is 14.3 Å². The molecule has 0 fully saturated rings. The summed E-state index contributed by atoms with van der Waals surface area (Å²) >= 11 is 0. The number of nitrogens with two attached hydrogens (primary N) is 1. The van der Waals surface area contributed by atoms with Gasteiger partial charge in [0.2, 0.25) is 5.91 Å². The fourth-order valence-electron chi connectivity index (χ4n) is 1.82. The minimum absolute atomic E-state index is 0.0148. The second-order valence-electron chi connectivity index (χ2n) is 4.87. The Hall–Kier alpha value is -1.10. The molecule has 0 unspecified atom stereocenters. The summed E-state index contributed by atoms with van der Waals surface area (Å²) in [6.07, 6.45) is 4.41. The van der Waals surface area contributed by atoms with E-state index >= 15 is 0 Å². The SMILES string of the molecule is CCOC(=O)CN(C(=O)CCCCCCN)C(C)C. The maximum atomic E-state index is 12.1. The van der Waals surface area contributed by atoms with Gasteiger partial charge in [-0.25, -0.2) is 0 Å². The summed E-state index contributed by atoms with van der Waals surface area (Å²) in [5.74, 6) is -0.316. The lowest BCUT2D eigenvalue weighted by atomic mass is 10.1. The molecule has 0 aromatic rings. The van der Waals surface area contributed by atoms with Crippen molar-refractivity contribution in [2.75, 3.05) is 19.7 Å². The Labute approximate surface area is 116 Å². The number of esters is 1. The highest BCUT2D eigenvalue weighted by Gasteiger charge is 2.20. The average molecular weight is 272 g/mol. The predicted molar refractivity (Wildman–Crippen MR) is 75.6 cm³/mol. The molecule has 19 heavy (non-hydrogen) atoms. The number of nitrogens with zero attached hydrogens (tertiary/aromatic N) is 1. The lowest BCUT2D eigenvalue weighted by Crippen LogP contribution is -2.41. The van der Waals surface area contributed by atoms with Crippen molar-refractivity contribution in [3.05, 3.63) is 0 Å². The lowest BCUT2D eigenvalue weighted by Gasteiger charge is -2.25. The van der Waals surface area contributed by atoms with E-state index in [1.165, 1.54) is 0 Å². The molecule has 2 N–H and O–H groups in total. The maximum Gasteiger partial charge on any atom is 0.325 e. The van der Waals surface area contributed by atoms with Crippen LogP contribution in [0.5, 0.6) is 0 Å². The molecule has 0 saturated heterocycles. The molecule has 0 rings (SSSR count). The molecule has 0 radical (unpaired) electrons. The van der Waals surface area contributed by atoms with Crippen molar-refractivity contribution in [3.63, 3.8) is 0 Å². The normalized spacial score (nSPS) is 10.6. The quantitative estimate of drug-likeness (QED) is 0.485. The fourth-order valence-corrected chi connectivity index (χ4v) is 1.82. The molecule has 112 valence electrons. The van der Waals surface area contributed by atoms with Gasteiger partial charge in [0.05, 0.1) is 6.61 Å². The van der Waals surface area contributed by atoms with E-state index in [9.17, 15) is 9.59 Å². The molecule has 0 atom stereocenters. The number of amides is 1. The standard InChI is InChI=1S/C14H28N2O3/c1-4-19-14(18)11-16(12(2)3)13(17)9-7-5-6-8-10-15/h12H,4-11,15H2,1-3H3. The number of ether oxygens (including phenoxy) is 1. The number of carbonyl (C=O) groups is 2. The van der Waals surface area contributed by atoms with E-state index in [2.05, 4.69) is 0 Å². The number of rotatable bonds is 10. The van der Waals surface area contributed by atoms with Crippen LogP contribution in [0.15, 0.2) is 0 Å². The smallest absolute Gasteiger partial charge is 0.325 e. The molecule has 0 aromatic carbocycles. The highest BCUT2D eigenvalue weighted by atomic mass is 16.5. The van der Waals surface area contributed by atoms with Gasteiger partial charge < -0.3 is 15.4 Å². The van der Waals surface area contributed by atoms with Gasteiger partial charge in [-0.15, -0.1) is 0 Å². The molecule has 5 nitrogen and oxygen atoms in total. The van der Waals surface area contributed by atoms with Crippen LogP contribution in [0.25, 0.3) is 0 Å². The first-order valence-electron chi connectivity index (χ1n) is 7.18. The Kier molecular flexibility index (Phi) is 10.2. The minimum atomic E-state index is -0.340. The van der Waals surface area contributed by atoms with Gasteiger partial charge >= 0.3 is 5.97 Å². The van der Waals surface area contributed by atoms with Gasteiger partial charge in [-0.3, -0.25) is 9.59 Å². The van der Waals surface area contributed by atoms with Crippen molar-refractivity contribution in [2.24, 2.45) is 5.73 Å². The Balaban J connectivity index is 4.08. The number of hydrogen-bond donors (Lipinski definition) is 1. The molecule has 0 bridgehead atoms. The monoisotopic (exact) mass is 272 g/mol. The Morgan fingerprint density at radius 3 is 2.32 bits per heavy atom.